The Bertz CT molecular complexity index is 383. The van der Waals surface area contributed by atoms with Gasteiger partial charge < -0.3 is 10.4 Å². The molecule has 0 saturated carbocycles. The maximum absolute atomic E-state index is 11.7. The van der Waals surface area contributed by atoms with Gasteiger partial charge >= 0.3 is 0 Å². The second kappa shape index (κ2) is 5.32. The van der Waals surface area contributed by atoms with Crippen molar-refractivity contribution in [2.45, 2.75) is 13.8 Å². The van der Waals surface area contributed by atoms with Crippen molar-refractivity contribution < 1.29 is 9.90 Å². The number of carbonyl (C=O) groups is 1. The van der Waals surface area contributed by atoms with Crippen molar-refractivity contribution in [3.8, 4) is 0 Å². The van der Waals surface area contributed by atoms with Crippen LogP contribution in [0.15, 0.2) is 36.0 Å². The van der Waals surface area contributed by atoms with Gasteiger partial charge in [0, 0.05) is 11.3 Å². The number of aliphatic hydroxyl groups excluding tert-OH is 1. The predicted octanol–water partition coefficient (Wildman–Crippen LogP) is 1.62. The van der Waals surface area contributed by atoms with Crippen LogP contribution in [0, 0.1) is 6.92 Å². The van der Waals surface area contributed by atoms with E-state index in [0.717, 1.165) is 5.56 Å². The Morgan fingerprint density at radius 3 is 2.80 bits per heavy atom. The molecular weight excluding hydrogens is 190 g/mol. The first-order chi connectivity index (χ1) is 7.17. The normalized spacial score (nSPS) is 11.3. The highest BCUT2D eigenvalue weighted by Gasteiger charge is 2.06. The highest BCUT2D eigenvalue weighted by Crippen LogP contribution is 2.04. The summed E-state index contributed by atoms with van der Waals surface area (Å²) in [6.07, 6.45) is 1.67. The maximum Gasteiger partial charge on any atom is 0.255 e. The molecule has 0 unspecified atom stereocenters. The molecule has 3 nitrogen and oxygen atoms in total. The standard InChI is InChI=1S/C12H15NO2/c1-3-11(8-14)13-12(15)10-6-4-5-9(2)7-10/h3-7,14H,8H2,1-2H3,(H,13,15)/b11-3+. The molecule has 80 valence electrons. The molecule has 0 radical (unpaired) electrons. The fraction of sp³-hybridized carbons (Fsp3) is 0.250. The Hall–Kier alpha value is -1.61. The maximum atomic E-state index is 11.7. The average Bonchev–Trinajstić information content (AvgIpc) is 2.25. The van der Waals surface area contributed by atoms with Crippen LogP contribution in [0.3, 0.4) is 0 Å². The first kappa shape index (κ1) is 11.5. The van der Waals surface area contributed by atoms with Gasteiger partial charge in [-0.3, -0.25) is 4.79 Å². The van der Waals surface area contributed by atoms with E-state index in [4.69, 9.17) is 5.11 Å². The number of carbonyl (C=O) groups excluding carboxylic acids is 1. The SMILES string of the molecule is C/C=C(\CO)NC(=O)c1cccc(C)c1. The van der Waals surface area contributed by atoms with Crippen LogP contribution in [-0.4, -0.2) is 17.6 Å². The Labute approximate surface area is 89.4 Å². The van der Waals surface area contributed by atoms with E-state index in [-0.39, 0.29) is 12.5 Å². The Morgan fingerprint density at radius 1 is 1.53 bits per heavy atom. The lowest BCUT2D eigenvalue weighted by molar-refractivity contribution is 0.0960. The van der Waals surface area contributed by atoms with Crippen LogP contribution >= 0.6 is 0 Å². The summed E-state index contributed by atoms with van der Waals surface area (Å²) >= 11 is 0. The molecule has 15 heavy (non-hydrogen) atoms. The van der Waals surface area contributed by atoms with E-state index in [2.05, 4.69) is 5.32 Å². The van der Waals surface area contributed by atoms with E-state index in [1.54, 1.807) is 25.1 Å². The summed E-state index contributed by atoms with van der Waals surface area (Å²) in [5.74, 6) is -0.194. The minimum absolute atomic E-state index is 0.159. The molecule has 0 atom stereocenters. The number of allylic oxidation sites excluding steroid dienone is 1. The van der Waals surface area contributed by atoms with Gasteiger partial charge in [-0.05, 0) is 26.0 Å². The first-order valence-corrected chi connectivity index (χ1v) is 4.81. The lowest BCUT2D eigenvalue weighted by atomic mass is 10.1. The lowest BCUT2D eigenvalue weighted by Crippen LogP contribution is -2.24. The molecule has 0 saturated heterocycles. The number of hydrogen-bond acceptors (Lipinski definition) is 2. The zero-order valence-electron chi connectivity index (χ0n) is 8.95. The van der Waals surface area contributed by atoms with E-state index in [9.17, 15) is 4.79 Å². The van der Waals surface area contributed by atoms with Crippen molar-refractivity contribution in [1.29, 1.82) is 0 Å². The monoisotopic (exact) mass is 205 g/mol. The van der Waals surface area contributed by atoms with Crippen molar-refractivity contribution in [1.82, 2.24) is 5.32 Å². The van der Waals surface area contributed by atoms with Gasteiger partial charge in [0.2, 0.25) is 0 Å². The zero-order chi connectivity index (χ0) is 11.3. The molecule has 0 fully saturated rings. The van der Waals surface area contributed by atoms with E-state index in [0.29, 0.717) is 11.3 Å². The Balaban J connectivity index is 2.77. The van der Waals surface area contributed by atoms with E-state index in [1.807, 2.05) is 19.1 Å². The summed E-state index contributed by atoms with van der Waals surface area (Å²) in [6.45, 7) is 3.54. The topological polar surface area (TPSA) is 49.3 Å². The molecule has 0 aliphatic heterocycles. The molecule has 2 N–H and O–H groups in total. The van der Waals surface area contributed by atoms with E-state index < -0.39 is 0 Å². The molecule has 1 amide bonds. The van der Waals surface area contributed by atoms with Crippen LogP contribution in [-0.2, 0) is 0 Å². The number of nitrogens with one attached hydrogen (secondary N) is 1. The zero-order valence-corrected chi connectivity index (χ0v) is 8.95. The summed E-state index contributed by atoms with van der Waals surface area (Å²) in [7, 11) is 0. The van der Waals surface area contributed by atoms with Crippen molar-refractivity contribution >= 4 is 5.91 Å². The van der Waals surface area contributed by atoms with Gasteiger partial charge in [-0.1, -0.05) is 23.8 Å². The van der Waals surface area contributed by atoms with Gasteiger partial charge in [-0.2, -0.15) is 0 Å². The van der Waals surface area contributed by atoms with Crippen molar-refractivity contribution in [2.24, 2.45) is 0 Å². The average molecular weight is 205 g/mol. The smallest absolute Gasteiger partial charge is 0.255 e. The summed E-state index contributed by atoms with van der Waals surface area (Å²) in [4.78, 5) is 11.7. The molecule has 0 bridgehead atoms. The lowest BCUT2D eigenvalue weighted by Gasteiger charge is -2.06. The first-order valence-electron chi connectivity index (χ1n) is 4.81. The highest BCUT2D eigenvalue weighted by atomic mass is 16.3. The number of aryl methyl sites for hydroxylation is 1. The number of hydrogen-bond donors (Lipinski definition) is 2. The van der Waals surface area contributed by atoms with Crippen LogP contribution in [0.4, 0.5) is 0 Å². The van der Waals surface area contributed by atoms with Gasteiger partial charge in [0.05, 0.1) is 6.61 Å². The molecule has 0 spiro atoms. The number of rotatable bonds is 3. The van der Waals surface area contributed by atoms with Crippen molar-refractivity contribution in [3.63, 3.8) is 0 Å². The van der Waals surface area contributed by atoms with Crippen LogP contribution in [0.1, 0.15) is 22.8 Å². The molecule has 3 heteroatoms. The van der Waals surface area contributed by atoms with Crippen LogP contribution in [0.5, 0.6) is 0 Å². The predicted molar refractivity (Wildman–Crippen MR) is 59.5 cm³/mol. The molecule has 0 aliphatic rings. The quantitative estimate of drug-likeness (QED) is 0.787. The van der Waals surface area contributed by atoms with Gasteiger partial charge in [0.25, 0.3) is 5.91 Å². The number of amides is 1. The molecule has 0 heterocycles. The summed E-state index contributed by atoms with van der Waals surface area (Å²) in [5.41, 5.74) is 2.15. The van der Waals surface area contributed by atoms with Gasteiger partial charge in [-0.15, -0.1) is 0 Å². The summed E-state index contributed by atoms with van der Waals surface area (Å²) in [5, 5.41) is 11.5. The molecule has 0 aliphatic carbocycles. The molecule has 0 aromatic heterocycles. The summed E-state index contributed by atoms with van der Waals surface area (Å²) < 4.78 is 0. The third-order valence-corrected chi connectivity index (χ3v) is 2.07. The van der Waals surface area contributed by atoms with Crippen molar-refractivity contribution in [3.05, 3.63) is 47.2 Å². The van der Waals surface area contributed by atoms with Crippen LogP contribution < -0.4 is 5.32 Å². The third-order valence-electron chi connectivity index (χ3n) is 2.07. The largest absolute Gasteiger partial charge is 0.390 e. The van der Waals surface area contributed by atoms with Crippen molar-refractivity contribution in [2.75, 3.05) is 6.61 Å². The molecule has 1 aromatic rings. The van der Waals surface area contributed by atoms with Gasteiger partial charge in [0.1, 0.15) is 0 Å². The number of benzene rings is 1. The fourth-order valence-electron chi connectivity index (χ4n) is 1.21. The van der Waals surface area contributed by atoms with E-state index in [1.165, 1.54) is 0 Å². The number of aliphatic hydroxyl groups is 1. The molecular formula is C12H15NO2. The molecule has 1 aromatic carbocycles. The minimum Gasteiger partial charge on any atom is -0.390 e. The van der Waals surface area contributed by atoms with Crippen LogP contribution in [0.2, 0.25) is 0 Å². The van der Waals surface area contributed by atoms with Gasteiger partial charge in [0.15, 0.2) is 0 Å². The van der Waals surface area contributed by atoms with E-state index >= 15 is 0 Å². The fourth-order valence-corrected chi connectivity index (χ4v) is 1.21. The Morgan fingerprint density at radius 2 is 2.27 bits per heavy atom. The minimum atomic E-state index is -0.194. The Kier molecular flexibility index (Phi) is 4.06. The molecule has 1 rings (SSSR count). The summed E-state index contributed by atoms with van der Waals surface area (Å²) in [6, 6.07) is 7.31. The second-order valence-electron chi connectivity index (χ2n) is 3.30. The van der Waals surface area contributed by atoms with Gasteiger partial charge in [-0.25, -0.2) is 0 Å². The highest BCUT2D eigenvalue weighted by molar-refractivity contribution is 5.95. The van der Waals surface area contributed by atoms with Crippen LogP contribution in [0.25, 0.3) is 0 Å². The second-order valence-corrected chi connectivity index (χ2v) is 3.30. The third kappa shape index (κ3) is 3.22.